The summed E-state index contributed by atoms with van der Waals surface area (Å²) < 4.78 is 39.0. The van der Waals surface area contributed by atoms with Crippen LogP contribution >= 0.6 is 0 Å². The van der Waals surface area contributed by atoms with E-state index in [0.29, 0.717) is 11.6 Å². The Morgan fingerprint density at radius 1 is 0.950 bits per heavy atom. The zero-order valence-corrected chi connectivity index (χ0v) is 11.5. The fourth-order valence-electron chi connectivity index (χ4n) is 3.56. The predicted octanol–water partition coefficient (Wildman–Crippen LogP) is 4.44. The van der Waals surface area contributed by atoms with Crippen molar-refractivity contribution in [1.82, 2.24) is 4.90 Å². The van der Waals surface area contributed by atoms with E-state index >= 15 is 0 Å². The SMILES string of the molecule is FC(F)(F)c1ccccc1C1CN(C2CCCCC2)C1. The summed E-state index contributed by atoms with van der Waals surface area (Å²) >= 11 is 0. The van der Waals surface area contributed by atoms with Gasteiger partial charge in [0.25, 0.3) is 0 Å². The smallest absolute Gasteiger partial charge is 0.299 e. The first-order valence-electron chi connectivity index (χ1n) is 7.46. The lowest BCUT2D eigenvalue weighted by Gasteiger charge is -2.46. The first-order chi connectivity index (χ1) is 9.55. The summed E-state index contributed by atoms with van der Waals surface area (Å²) in [7, 11) is 0. The number of alkyl halides is 3. The Morgan fingerprint density at radius 3 is 2.25 bits per heavy atom. The van der Waals surface area contributed by atoms with Crippen LogP contribution in [0.4, 0.5) is 13.2 Å². The van der Waals surface area contributed by atoms with E-state index in [9.17, 15) is 13.2 Å². The van der Waals surface area contributed by atoms with Gasteiger partial charge in [0.05, 0.1) is 5.56 Å². The van der Waals surface area contributed by atoms with Crippen LogP contribution in [0.2, 0.25) is 0 Å². The van der Waals surface area contributed by atoms with Crippen molar-refractivity contribution in [3.8, 4) is 0 Å². The summed E-state index contributed by atoms with van der Waals surface area (Å²) in [5.41, 5.74) is 0.0281. The number of rotatable bonds is 2. The molecule has 0 radical (unpaired) electrons. The van der Waals surface area contributed by atoms with Gasteiger partial charge in [-0.15, -0.1) is 0 Å². The van der Waals surface area contributed by atoms with Crippen LogP contribution in [0.3, 0.4) is 0 Å². The van der Waals surface area contributed by atoms with Gasteiger partial charge in [0, 0.05) is 25.0 Å². The first kappa shape index (κ1) is 13.9. The third-order valence-corrected chi connectivity index (χ3v) is 4.71. The highest BCUT2D eigenvalue weighted by Crippen LogP contribution is 2.40. The molecule has 110 valence electrons. The van der Waals surface area contributed by atoms with Gasteiger partial charge in [-0.1, -0.05) is 37.5 Å². The lowest BCUT2D eigenvalue weighted by molar-refractivity contribution is -0.138. The summed E-state index contributed by atoms with van der Waals surface area (Å²) in [4.78, 5) is 2.37. The van der Waals surface area contributed by atoms with Crippen LogP contribution in [0.25, 0.3) is 0 Å². The minimum Gasteiger partial charge on any atom is -0.299 e. The molecule has 0 bridgehead atoms. The average Bonchev–Trinajstić information content (AvgIpc) is 2.38. The molecule has 20 heavy (non-hydrogen) atoms. The predicted molar refractivity (Wildman–Crippen MR) is 72.6 cm³/mol. The normalized spacial score (nSPS) is 22.8. The summed E-state index contributed by atoms with van der Waals surface area (Å²) in [6.07, 6.45) is 2.05. The molecular weight excluding hydrogens is 263 g/mol. The molecule has 0 amide bonds. The Hall–Kier alpha value is -1.03. The molecule has 0 aromatic heterocycles. The number of halogens is 3. The third kappa shape index (κ3) is 2.71. The molecule has 1 aliphatic heterocycles. The maximum atomic E-state index is 13.0. The van der Waals surface area contributed by atoms with Crippen LogP contribution in [0.1, 0.15) is 49.1 Å². The van der Waals surface area contributed by atoms with Crippen LogP contribution in [0, 0.1) is 0 Å². The van der Waals surface area contributed by atoms with Crippen molar-refractivity contribution in [3.05, 3.63) is 35.4 Å². The number of hydrogen-bond acceptors (Lipinski definition) is 1. The standard InChI is InChI=1S/C16H20F3N/c17-16(18,19)15-9-5-4-8-14(15)12-10-20(11-12)13-6-2-1-3-7-13/h4-5,8-9,12-13H,1-3,6-7,10-11H2. The summed E-state index contributed by atoms with van der Waals surface area (Å²) in [5, 5.41) is 0. The van der Waals surface area contributed by atoms with E-state index in [0.717, 1.165) is 13.1 Å². The van der Waals surface area contributed by atoms with Crippen molar-refractivity contribution < 1.29 is 13.2 Å². The lowest BCUT2D eigenvalue weighted by Crippen LogP contribution is -2.51. The van der Waals surface area contributed by atoms with Crippen LogP contribution in [0.15, 0.2) is 24.3 Å². The fourth-order valence-corrected chi connectivity index (χ4v) is 3.56. The van der Waals surface area contributed by atoms with Crippen molar-refractivity contribution in [2.24, 2.45) is 0 Å². The number of hydrogen-bond donors (Lipinski definition) is 0. The van der Waals surface area contributed by atoms with Crippen molar-refractivity contribution in [3.63, 3.8) is 0 Å². The van der Waals surface area contributed by atoms with E-state index in [2.05, 4.69) is 4.90 Å². The van der Waals surface area contributed by atoms with E-state index in [1.54, 1.807) is 12.1 Å². The Labute approximate surface area is 117 Å². The summed E-state index contributed by atoms with van der Waals surface area (Å²) in [5.74, 6) is 0.0507. The highest BCUT2D eigenvalue weighted by molar-refractivity contribution is 5.34. The number of benzene rings is 1. The molecule has 0 spiro atoms. The Morgan fingerprint density at radius 2 is 1.60 bits per heavy atom. The second kappa shape index (κ2) is 5.40. The summed E-state index contributed by atoms with van der Waals surface area (Å²) in [6.45, 7) is 1.58. The zero-order chi connectivity index (χ0) is 14.2. The van der Waals surface area contributed by atoms with Crippen LogP contribution in [-0.2, 0) is 6.18 Å². The fraction of sp³-hybridized carbons (Fsp3) is 0.625. The van der Waals surface area contributed by atoms with E-state index in [4.69, 9.17) is 0 Å². The lowest BCUT2D eigenvalue weighted by atomic mass is 9.84. The largest absolute Gasteiger partial charge is 0.416 e. The van der Waals surface area contributed by atoms with Gasteiger partial charge in [0.2, 0.25) is 0 Å². The second-order valence-electron chi connectivity index (χ2n) is 6.03. The van der Waals surface area contributed by atoms with Gasteiger partial charge in [0.15, 0.2) is 0 Å². The van der Waals surface area contributed by atoms with E-state index in [1.807, 2.05) is 0 Å². The Kier molecular flexibility index (Phi) is 3.76. The zero-order valence-electron chi connectivity index (χ0n) is 11.5. The maximum absolute atomic E-state index is 13.0. The van der Waals surface area contributed by atoms with Crippen molar-refractivity contribution in [2.75, 3.05) is 13.1 Å². The van der Waals surface area contributed by atoms with Gasteiger partial charge in [-0.05, 0) is 24.5 Å². The maximum Gasteiger partial charge on any atom is 0.416 e. The van der Waals surface area contributed by atoms with Crippen LogP contribution in [0.5, 0.6) is 0 Å². The first-order valence-corrected chi connectivity index (χ1v) is 7.46. The van der Waals surface area contributed by atoms with Crippen LogP contribution in [-0.4, -0.2) is 24.0 Å². The molecule has 1 aromatic rings. The monoisotopic (exact) mass is 283 g/mol. The topological polar surface area (TPSA) is 3.24 Å². The highest BCUT2D eigenvalue weighted by atomic mass is 19.4. The molecule has 0 unspecified atom stereocenters. The Balaban J connectivity index is 1.68. The molecule has 1 saturated heterocycles. The highest BCUT2D eigenvalue weighted by Gasteiger charge is 2.39. The molecule has 0 atom stereocenters. The van der Waals surface area contributed by atoms with Gasteiger partial charge in [-0.3, -0.25) is 4.90 Å². The molecule has 1 saturated carbocycles. The van der Waals surface area contributed by atoms with E-state index in [-0.39, 0.29) is 5.92 Å². The second-order valence-corrected chi connectivity index (χ2v) is 6.03. The van der Waals surface area contributed by atoms with Gasteiger partial charge < -0.3 is 0 Å². The minimum absolute atomic E-state index is 0.0507. The van der Waals surface area contributed by atoms with Gasteiger partial charge in [-0.2, -0.15) is 13.2 Å². The minimum atomic E-state index is -4.23. The Bertz CT molecular complexity index is 457. The third-order valence-electron chi connectivity index (χ3n) is 4.71. The van der Waals surface area contributed by atoms with Crippen molar-refractivity contribution >= 4 is 0 Å². The van der Waals surface area contributed by atoms with Crippen LogP contribution < -0.4 is 0 Å². The summed E-state index contributed by atoms with van der Waals surface area (Å²) in [6, 6.07) is 6.65. The quantitative estimate of drug-likeness (QED) is 0.775. The molecular formula is C16H20F3N. The molecule has 1 heterocycles. The molecule has 2 aliphatic rings. The van der Waals surface area contributed by atoms with Gasteiger partial charge >= 0.3 is 6.18 Å². The molecule has 1 aliphatic carbocycles. The number of likely N-dealkylation sites (tertiary alicyclic amines) is 1. The molecule has 0 N–H and O–H groups in total. The van der Waals surface area contributed by atoms with Crippen molar-refractivity contribution in [1.29, 1.82) is 0 Å². The molecule has 4 heteroatoms. The molecule has 1 aromatic carbocycles. The molecule has 3 rings (SSSR count). The van der Waals surface area contributed by atoms with E-state index in [1.165, 1.54) is 44.2 Å². The van der Waals surface area contributed by atoms with E-state index < -0.39 is 11.7 Å². The molecule has 1 nitrogen and oxygen atoms in total. The number of nitrogens with zero attached hydrogens (tertiary/aromatic N) is 1. The van der Waals surface area contributed by atoms with Gasteiger partial charge in [-0.25, -0.2) is 0 Å². The molecule has 2 fully saturated rings. The van der Waals surface area contributed by atoms with Gasteiger partial charge in [0.1, 0.15) is 0 Å². The average molecular weight is 283 g/mol. The van der Waals surface area contributed by atoms with Crippen molar-refractivity contribution in [2.45, 2.75) is 50.2 Å².